The highest BCUT2D eigenvalue weighted by molar-refractivity contribution is 5.69. The lowest BCUT2D eigenvalue weighted by Crippen LogP contribution is -2.25. The zero-order valence-electron chi connectivity index (χ0n) is 12.6. The largest absolute Gasteiger partial charge is 0.381 e. The van der Waals surface area contributed by atoms with Crippen LogP contribution in [-0.4, -0.2) is 35.9 Å². The molecule has 114 valence electrons. The molecule has 1 aromatic rings. The van der Waals surface area contributed by atoms with Gasteiger partial charge in [-0.2, -0.15) is 0 Å². The molecular formula is C16H24N4O. The van der Waals surface area contributed by atoms with Gasteiger partial charge < -0.3 is 15.0 Å². The summed E-state index contributed by atoms with van der Waals surface area (Å²) in [5.74, 6) is 2.06. The van der Waals surface area contributed by atoms with Crippen LogP contribution in [-0.2, 0) is 17.6 Å². The second-order valence-corrected chi connectivity index (χ2v) is 5.92. The molecule has 0 radical (unpaired) electrons. The highest BCUT2D eigenvalue weighted by Gasteiger charge is 2.23. The second kappa shape index (κ2) is 6.87. The first-order chi connectivity index (χ1) is 10.4. The SMILES string of the molecule is O=CCCCCc1nc2c(c(N3CCCC3)n1)NCCC2. The monoisotopic (exact) mass is 288 g/mol. The number of nitrogens with one attached hydrogen (secondary N) is 1. The lowest BCUT2D eigenvalue weighted by atomic mass is 10.1. The summed E-state index contributed by atoms with van der Waals surface area (Å²) < 4.78 is 0. The number of carbonyl (C=O) groups excluding carboxylic acids is 1. The van der Waals surface area contributed by atoms with Gasteiger partial charge in [0.05, 0.1) is 11.4 Å². The minimum Gasteiger partial charge on any atom is -0.381 e. The standard InChI is InChI=1S/C16H24N4O/c21-12-5-1-2-8-14-18-13-7-6-9-17-15(13)16(19-14)20-10-3-4-11-20/h12,17H,1-11H2. The maximum atomic E-state index is 10.4. The molecule has 1 N–H and O–H groups in total. The Morgan fingerprint density at radius 3 is 2.81 bits per heavy atom. The van der Waals surface area contributed by atoms with Crippen LogP contribution in [0.3, 0.4) is 0 Å². The van der Waals surface area contributed by atoms with E-state index in [9.17, 15) is 4.79 Å². The van der Waals surface area contributed by atoms with Crippen molar-refractivity contribution >= 4 is 17.8 Å². The van der Waals surface area contributed by atoms with Gasteiger partial charge in [0, 0.05) is 32.5 Å². The molecule has 21 heavy (non-hydrogen) atoms. The van der Waals surface area contributed by atoms with Gasteiger partial charge in [0.15, 0.2) is 5.82 Å². The van der Waals surface area contributed by atoms with E-state index >= 15 is 0 Å². The van der Waals surface area contributed by atoms with Crippen molar-refractivity contribution in [3.8, 4) is 0 Å². The van der Waals surface area contributed by atoms with Gasteiger partial charge in [-0.1, -0.05) is 0 Å². The summed E-state index contributed by atoms with van der Waals surface area (Å²) in [6.07, 6.45) is 9.15. The Morgan fingerprint density at radius 1 is 1.14 bits per heavy atom. The smallest absolute Gasteiger partial charge is 0.156 e. The van der Waals surface area contributed by atoms with E-state index in [0.29, 0.717) is 6.42 Å². The average molecular weight is 288 g/mol. The molecular weight excluding hydrogens is 264 g/mol. The predicted octanol–water partition coefficient (Wildman–Crippen LogP) is 2.35. The van der Waals surface area contributed by atoms with Crippen molar-refractivity contribution in [3.05, 3.63) is 11.5 Å². The van der Waals surface area contributed by atoms with Gasteiger partial charge in [0.1, 0.15) is 12.1 Å². The highest BCUT2D eigenvalue weighted by Crippen LogP contribution is 2.32. The van der Waals surface area contributed by atoms with Crippen LogP contribution in [0.15, 0.2) is 0 Å². The summed E-state index contributed by atoms with van der Waals surface area (Å²) in [4.78, 5) is 22.4. The van der Waals surface area contributed by atoms with Crippen LogP contribution in [0.1, 0.15) is 50.0 Å². The van der Waals surface area contributed by atoms with Gasteiger partial charge >= 0.3 is 0 Å². The fourth-order valence-corrected chi connectivity index (χ4v) is 3.16. The van der Waals surface area contributed by atoms with Crippen molar-refractivity contribution in [1.82, 2.24) is 9.97 Å². The third-order valence-corrected chi connectivity index (χ3v) is 4.28. The first kappa shape index (κ1) is 14.3. The molecule has 1 fully saturated rings. The lowest BCUT2D eigenvalue weighted by Gasteiger charge is -2.26. The molecule has 0 spiro atoms. The molecule has 3 heterocycles. The number of hydrogen-bond acceptors (Lipinski definition) is 5. The summed E-state index contributed by atoms with van der Waals surface area (Å²) >= 11 is 0. The summed E-state index contributed by atoms with van der Waals surface area (Å²) in [6.45, 7) is 3.24. The number of carbonyl (C=O) groups is 1. The van der Waals surface area contributed by atoms with Crippen molar-refractivity contribution in [2.24, 2.45) is 0 Å². The molecule has 5 heteroatoms. The molecule has 1 saturated heterocycles. The van der Waals surface area contributed by atoms with Gasteiger partial charge in [0.25, 0.3) is 0 Å². The van der Waals surface area contributed by atoms with E-state index in [4.69, 9.17) is 9.97 Å². The molecule has 2 aliphatic heterocycles. The van der Waals surface area contributed by atoms with E-state index in [-0.39, 0.29) is 0 Å². The van der Waals surface area contributed by atoms with Crippen LogP contribution < -0.4 is 10.2 Å². The van der Waals surface area contributed by atoms with Gasteiger partial charge in [-0.3, -0.25) is 0 Å². The summed E-state index contributed by atoms with van der Waals surface area (Å²) in [5.41, 5.74) is 2.35. The summed E-state index contributed by atoms with van der Waals surface area (Å²) in [6, 6.07) is 0. The second-order valence-electron chi connectivity index (χ2n) is 5.92. The Balaban J connectivity index is 1.80. The number of aldehydes is 1. The van der Waals surface area contributed by atoms with Crippen molar-refractivity contribution in [1.29, 1.82) is 0 Å². The molecule has 1 aromatic heterocycles. The van der Waals surface area contributed by atoms with E-state index in [0.717, 1.165) is 69.7 Å². The normalized spacial score (nSPS) is 17.4. The number of hydrogen-bond donors (Lipinski definition) is 1. The van der Waals surface area contributed by atoms with Gasteiger partial charge in [-0.15, -0.1) is 0 Å². The Morgan fingerprint density at radius 2 is 2.00 bits per heavy atom. The van der Waals surface area contributed by atoms with Gasteiger partial charge in [0.2, 0.25) is 0 Å². The first-order valence-electron chi connectivity index (χ1n) is 8.21. The third kappa shape index (κ3) is 3.34. The average Bonchev–Trinajstić information content (AvgIpc) is 3.05. The molecule has 0 amide bonds. The van der Waals surface area contributed by atoms with E-state index in [1.165, 1.54) is 24.2 Å². The van der Waals surface area contributed by atoms with E-state index < -0.39 is 0 Å². The quantitative estimate of drug-likeness (QED) is 0.643. The van der Waals surface area contributed by atoms with Gasteiger partial charge in [-0.25, -0.2) is 9.97 Å². The number of unbranched alkanes of at least 4 members (excludes halogenated alkanes) is 2. The molecule has 5 nitrogen and oxygen atoms in total. The fraction of sp³-hybridized carbons (Fsp3) is 0.688. The molecule has 0 unspecified atom stereocenters. The van der Waals surface area contributed by atoms with Crippen LogP contribution in [0.2, 0.25) is 0 Å². The molecule has 0 bridgehead atoms. The van der Waals surface area contributed by atoms with Crippen molar-refractivity contribution in [3.63, 3.8) is 0 Å². The van der Waals surface area contributed by atoms with E-state index in [2.05, 4.69) is 10.2 Å². The summed E-state index contributed by atoms with van der Waals surface area (Å²) in [7, 11) is 0. The number of aryl methyl sites for hydroxylation is 2. The number of nitrogens with zero attached hydrogens (tertiary/aromatic N) is 3. The minimum absolute atomic E-state index is 0.644. The first-order valence-corrected chi connectivity index (χ1v) is 8.21. The minimum atomic E-state index is 0.644. The molecule has 2 aliphatic rings. The molecule has 0 saturated carbocycles. The zero-order valence-corrected chi connectivity index (χ0v) is 12.6. The topological polar surface area (TPSA) is 58.1 Å². The predicted molar refractivity (Wildman–Crippen MR) is 83.9 cm³/mol. The van der Waals surface area contributed by atoms with Crippen molar-refractivity contribution in [2.45, 2.75) is 51.4 Å². The number of anilines is 2. The van der Waals surface area contributed by atoms with Gasteiger partial charge in [-0.05, 0) is 38.5 Å². The Kier molecular flexibility index (Phi) is 4.68. The van der Waals surface area contributed by atoms with Crippen LogP contribution >= 0.6 is 0 Å². The molecule has 0 aromatic carbocycles. The van der Waals surface area contributed by atoms with Crippen LogP contribution in [0, 0.1) is 0 Å². The number of fused-ring (bicyclic) bond motifs is 1. The van der Waals surface area contributed by atoms with Crippen LogP contribution in [0.4, 0.5) is 11.5 Å². The maximum Gasteiger partial charge on any atom is 0.156 e. The highest BCUT2D eigenvalue weighted by atomic mass is 16.1. The fourth-order valence-electron chi connectivity index (χ4n) is 3.16. The molecule has 3 rings (SSSR count). The zero-order chi connectivity index (χ0) is 14.5. The third-order valence-electron chi connectivity index (χ3n) is 4.28. The Bertz CT molecular complexity index is 497. The van der Waals surface area contributed by atoms with Crippen molar-refractivity contribution in [2.75, 3.05) is 29.9 Å². The number of rotatable bonds is 6. The van der Waals surface area contributed by atoms with Crippen molar-refractivity contribution < 1.29 is 4.79 Å². The van der Waals surface area contributed by atoms with Crippen LogP contribution in [0.25, 0.3) is 0 Å². The Hall–Kier alpha value is -1.65. The molecule has 0 atom stereocenters. The maximum absolute atomic E-state index is 10.4. The summed E-state index contributed by atoms with van der Waals surface area (Å²) in [5, 5.41) is 3.50. The lowest BCUT2D eigenvalue weighted by molar-refractivity contribution is -0.107. The molecule has 0 aliphatic carbocycles. The van der Waals surface area contributed by atoms with E-state index in [1.54, 1.807) is 0 Å². The van der Waals surface area contributed by atoms with Crippen LogP contribution in [0.5, 0.6) is 0 Å². The van der Waals surface area contributed by atoms with E-state index in [1.807, 2.05) is 0 Å². The number of aromatic nitrogens is 2. The Labute approximate surface area is 126 Å².